The Morgan fingerprint density at radius 2 is 2.00 bits per heavy atom. The zero-order valence-corrected chi connectivity index (χ0v) is 9.47. The summed E-state index contributed by atoms with van der Waals surface area (Å²) in [6.07, 6.45) is 0. The van der Waals surface area contributed by atoms with Crippen molar-refractivity contribution in [2.24, 2.45) is 0 Å². The molecule has 0 N–H and O–H groups in total. The number of hydrogen-bond acceptors (Lipinski definition) is 4. The Hall–Kier alpha value is -2.30. The van der Waals surface area contributed by atoms with E-state index in [1.807, 2.05) is 6.07 Å². The second-order valence-electron chi connectivity index (χ2n) is 3.45. The Morgan fingerprint density at radius 3 is 2.65 bits per heavy atom. The van der Waals surface area contributed by atoms with E-state index in [0.717, 1.165) is 4.73 Å². The molecule has 5 nitrogen and oxygen atoms in total. The predicted molar refractivity (Wildman–Crippen MR) is 62.0 cm³/mol. The van der Waals surface area contributed by atoms with Crippen molar-refractivity contribution in [2.75, 3.05) is 7.11 Å². The molecule has 0 amide bonds. The minimum atomic E-state index is -0.553. The van der Waals surface area contributed by atoms with Crippen LogP contribution in [0.25, 0.3) is 10.9 Å². The van der Waals surface area contributed by atoms with E-state index in [1.165, 1.54) is 20.1 Å². The molecule has 2 rings (SSSR count). The van der Waals surface area contributed by atoms with Crippen LogP contribution >= 0.6 is 0 Å². The van der Waals surface area contributed by atoms with Crippen molar-refractivity contribution in [2.45, 2.75) is 6.92 Å². The van der Waals surface area contributed by atoms with Gasteiger partial charge in [-0.25, -0.2) is 4.79 Å². The molecule has 0 saturated carbocycles. The molecule has 0 aliphatic carbocycles. The number of ether oxygens (including phenoxy) is 1. The lowest BCUT2D eigenvalue weighted by Crippen LogP contribution is -2.29. The zero-order chi connectivity index (χ0) is 12.4. The van der Waals surface area contributed by atoms with E-state index in [1.54, 1.807) is 18.2 Å². The van der Waals surface area contributed by atoms with Gasteiger partial charge in [-0.15, -0.1) is 4.73 Å². The van der Waals surface area contributed by atoms with E-state index in [4.69, 9.17) is 9.57 Å². The molecule has 0 aliphatic heterocycles. The number of rotatable bonds is 2. The van der Waals surface area contributed by atoms with Gasteiger partial charge in [0.2, 0.25) is 0 Å². The normalized spacial score (nSPS) is 10.2. The van der Waals surface area contributed by atoms with E-state index >= 15 is 0 Å². The molecular formula is C12H11NO4. The fourth-order valence-corrected chi connectivity index (χ4v) is 1.62. The minimum Gasteiger partial charge on any atom is -0.496 e. The zero-order valence-electron chi connectivity index (χ0n) is 9.47. The summed E-state index contributed by atoms with van der Waals surface area (Å²) in [5.41, 5.74) is 0.0443. The fourth-order valence-electron chi connectivity index (χ4n) is 1.62. The van der Waals surface area contributed by atoms with Crippen LogP contribution in [0.4, 0.5) is 0 Å². The molecule has 88 valence electrons. The van der Waals surface area contributed by atoms with Gasteiger partial charge in [-0.1, -0.05) is 12.1 Å². The SMILES string of the molecule is COc1cc(=O)n(OC(C)=O)c2ccccc12. The van der Waals surface area contributed by atoms with Crippen molar-refractivity contribution in [3.8, 4) is 5.75 Å². The molecule has 1 aromatic heterocycles. The first-order valence-corrected chi connectivity index (χ1v) is 5.01. The van der Waals surface area contributed by atoms with E-state index in [0.29, 0.717) is 16.7 Å². The number of pyridine rings is 1. The van der Waals surface area contributed by atoms with Crippen LogP contribution in [0.5, 0.6) is 5.75 Å². The average Bonchev–Trinajstić information content (AvgIpc) is 2.32. The Bertz CT molecular complexity index is 630. The lowest BCUT2D eigenvalue weighted by molar-refractivity contribution is -0.141. The van der Waals surface area contributed by atoms with E-state index in [9.17, 15) is 9.59 Å². The Labute approximate surface area is 97.1 Å². The lowest BCUT2D eigenvalue weighted by Gasteiger charge is -2.10. The maximum Gasteiger partial charge on any atom is 0.330 e. The maximum absolute atomic E-state index is 11.8. The van der Waals surface area contributed by atoms with E-state index < -0.39 is 11.5 Å². The molecular weight excluding hydrogens is 222 g/mol. The van der Waals surface area contributed by atoms with Gasteiger partial charge in [0, 0.05) is 18.4 Å². The van der Waals surface area contributed by atoms with Crippen molar-refractivity contribution in [1.82, 2.24) is 4.73 Å². The lowest BCUT2D eigenvalue weighted by atomic mass is 10.2. The smallest absolute Gasteiger partial charge is 0.330 e. The fraction of sp³-hybridized carbons (Fsp3) is 0.167. The topological polar surface area (TPSA) is 57.5 Å². The molecule has 0 bridgehead atoms. The van der Waals surface area contributed by atoms with Gasteiger partial charge in [0.1, 0.15) is 5.75 Å². The minimum absolute atomic E-state index is 0.448. The largest absolute Gasteiger partial charge is 0.496 e. The molecule has 2 aromatic rings. The van der Waals surface area contributed by atoms with Gasteiger partial charge in [0.05, 0.1) is 12.6 Å². The molecule has 0 aliphatic rings. The van der Waals surface area contributed by atoms with Crippen LogP contribution in [-0.4, -0.2) is 17.8 Å². The number of benzene rings is 1. The van der Waals surface area contributed by atoms with Crippen LogP contribution < -0.4 is 15.1 Å². The molecule has 0 atom stereocenters. The quantitative estimate of drug-likeness (QED) is 0.776. The highest BCUT2D eigenvalue weighted by Gasteiger charge is 2.10. The second kappa shape index (κ2) is 4.29. The van der Waals surface area contributed by atoms with E-state index in [-0.39, 0.29) is 0 Å². The molecule has 0 spiro atoms. The van der Waals surface area contributed by atoms with Crippen LogP contribution in [0.2, 0.25) is 0 Å². The third-order valence-corrected chi connectivity index (χ3v) is 2.28. The summed E-state index contributed by atoms with van der Waals surface area (Å²) in [5.74, 6) is -0.101. The van der Waals surface area contributed by atoms with Crippen LogP contribution in [0.15, 0.2) is 35.1 Å². The monoisotopic (exact) mass is 233 g/mol. The van der Waals surface area contributed by atoms with Crippen LogP contribution in [-0.2, 0) is 4.79 Å². The third kappa shape index (κ3) is 1.99. The van der Waals surface area contributed by atoms with Crippen LogP contribution in [0, 0.1) is 0 Å². The van der Waals surface area contributed by atoms with Crippen LogP contribution in [0.3, 0.4) is 0 Å². The van der Waals surface area contributed by atoms with Gasteiger partial charge in [-0.3, -0.25) is 4.79 Å². The summed E-state index contributed by atoms with van der Waals surface area (Å²) in [4.78, 5) is 27.6. The highest BCUT2D eigenvalue weighted by Crippen LogP contribution is 2.22. The molecule has 17 heavy (non-hydrogen) atoms. The first kappa shape index (κ1) is 11.2. The summed E-state index contributed by atoms with van der Waals surface area (Å²) in [5, 5.41) is 0.704. The van der Waals surface area contributed by atoms with Crippen molar-refractivity contribution >= 4 is 16.9 Å². The Kier molecular flexibility index (Phi) is 2.82. The molecule has 0 unspecified atom stereocenters. The number of nitrogens with zero attached hydrogens (tertiary/aromatic N) is 1. The van der Waals surface area contributed by atoms with Crippen molar-refractivity contribution in [3.63, 3.8) is 0 Å². The van der Waals surface area contributed by atoms with Gasteiger partial charge in [0.15, 0.2) is 0 Å². The predicted octanol–water partition coefficient (Wildman–Crippen LogP) is 0.985. The van der Waals surface area contributed by atoms with Gasteiger partial charge in [-0.2, -0.15) is 0 Å². The molecule has 1 aromatic carbocycles. The average molecular weight is 233 g/mol. The number of fused-ring (bicyclic) bond motifs is 1. The highest BCUT2D eigenvalue weighted by atomic mass is 16.7. The number of aromatic nitrogens is 1. The summed E-state index contributed by atoms with van der Waals surface area (Å²) in [6, 6.07) is 8.32. The Balaban J connectivity index is 2.80. The number of hydrogen-bond donors (Lipinski definition) is 0. The summed E-state index contributed by atoms with van der Waals surface area (Å²) >= 11 is 0. The third-order valence-electron chi connectivity index (χ3n) is 2.28. The van der Waals surface area contributed by atoms with Gasteiger partial charge in [0.25, 0.3) is 5.56 Å². The summed E-state index contributed by atoms with van der Waals surface area (Å²) in [6.45, 7) is 1.24. The molecule has 1 heterocycles. The number of methoxy groups -OCH3 is 1. The van der Waals surface area contributed by atoms with Gasteiger partial charge in [-0.05, 0) is 12.1 Å². The highest BCUT2D eigenvalue weighted by molar-refractivity contribution is 5.85. The maximum atomic E-state index is 11.8. The van der Waals surface area contributed by atoms with Gasteiger partial charge >= 0.3 is 5.97 Å². The number of para-hydroxylation sites is 1. The molecule has 5 heteroatoms. The first-order valence-electron chi connectivity index (χ1n) is 5.01. The molecule has 0 fully saturated rings. The first-order chi connectivity index (χ1) is 8.13. The second-order valence-corrected chi connectivity index (χ2v) is 3.45. The standard InChI is InChI=1S/C12H11NO4/c1-8(14)17-13-10-6-4-3-5-9(10)11(16-2)7-12(13)15/h3-7H,1-2H3. The van der Waals surface area contributed by atoms with Gasteiger partial charge < -0.3 is 9.57 Å². The number of carbonyl (C=O) groups excluding carboxylic acids is 1. The van der Waals surface area contributed by atoms with Crippen molar-refractivity contribution in [1.29, 1.82) is 0 Å². The molecule has 0 radical (unpaired) electrons. The van der Waals surface area contributed by atoms with E-state index in [2.05, 4.69) is 0 Å². The van der Waals surface area contributed by atoms with Crippen molar-refractivity contribution < 1.29 is 14.4 Å². The summed E-state index contributed by atoms with van der Waals surface area (Å²) < 4.78 is 6.07. The molecule has 0 saturated heterocycles. The van der Waals surface area contributed by atoms with Crippen molar-refractivity contribution in [3.05, 3.63) is 40.7 Å². The van der Waals surface area contributed by atoms with Crippen LogP contribution in [0.1, 0.15) is 6.92 Å². The summed E-state index contributed by atoms with van der Waals surface area (Å²) in [7, 11) is 1.48. The Morgan fingerprint density at radius 1 is 1.29 bits per heavy atom. The number of carbonyl (C=O) groups is 1.